The van der Waals surface area contributed by atoms with Crippen molar-refractivity contribution in [2.75, 3.05) is 5.73 Å². The second kappa shape index (κ2) is 7.12. The van der Waals surface area contributed by atoms with Gasteiger partial charge in [0, 0.05) is 4.88 Å². The van der Waals surface area contributed by atoms with Crippen molar-refractivity contribution in [2.45, 2.75) is 65.9 Å². The standard InChI is InChI=1S/C17H27NO2S/c1-11(2)8-7-9-12(3)14-10-13(15(18)21-14)16(19)20-17(4,5)6/h8,10,12H,7,9,18H2,1-6H3. The maximum Gasteiger partial charge on any atom is 0.341 e. The minimum absolute atomic E-state index is 0.334. The van der Waals surface area contributed by atoms with E-state index in [2.05, 4.69) is 26.8 Å². The monoisotopic (exact) mass is 309 g/mol. The Morgan fingerprint density at radius 1 is 1.43 bits per heavy atom. The van der Waals surface area contributed by atoms with Gasteiger partial charge in [-0.25, -0.2) is 4.79 Å². The second-order valence-corrected chi connectivity index (χ2v) is 7.80. The van der Waals surface area contributed by atoms with Gasteiger partial charge in [0.15, 0.2) is 0 Å². The summed E-state index contributed by atoms with van der Waals surface area (Å²) in [4.78, 5) is 13.3. The largest absolute Gasteiger partial charge is 0.456 e. The first kappa shape index (κ1) is 17.8. The SMILES string of the molecule is CC(C)=CCCC(C)c1cc(C(=O)OC(C)(C)C)c(N)s1. The molecule has 1 aromatic rings. The molecule has 0 saturated carbocycles. The second-order valence-electron chi connectivity index (χ2n) is 6.69. The average molecular weight is 309 g/mol. The Hall–Kier alpha value is -1.29. The Morgan fingerprint density at radius 3 is 2.57 bits per heavy atom. The summed E-state index contributed by atoms with van der Waals surface area (Å²) in [6.45, 7) is 12.0. The zero-order valence-electron chi connectivity index (χ0n) is 13.9. The molecule has 0 aliphatic carbocycles. The van der Waals surface area contributed by atoms with Gasteiger partial charge in [-0.05, 0) is 59.4 Å². The van der Waals surface area contributed by atoms with Crippen LogP contribution in [-0.4, -0.2) is 11.6 Å². The van der Waals surface area contributed by atoms with Gasteiger partial charge < -0.3 is 10.5 Å². The van der Waals surface area contributed by atoms with E-state index < -0.39 is 5.60 Å². The van der Waals surface area contributed by atoms with Crippen molar-refractivity contribution in [2.24, 2.45) is 0 Å². The summed E-state index contributed by atoms with van der Waals surface area (Å²) in [5, 5.41) is 0.549. The first-order valence-electron chi connectivity index (χ1n) is 7.36. The molecular formula is C17H27NO2S. The highest BCUT2D eigenvalue weighted by molar-refractivity contribution is 7.16. The van der Waals surface area contributed by atoms with Gasteiger partial charge in [0.05, 0.1) is 5.56 Å². The molecule has 0 radical (unpaired) electrons. The Balaban J connectivity index is 2.77. The summed E-state index contributed by atoms with van der Waals surface area (Å²) in [6, 6.07) is 1.89. The topological polar surface area (TPSA) is 52.3 Å². The lowest BCUT2D eigenvalue weighted by Crippen LogP contribution is -2.24. The lowest BCUT2D eigenvalue weighted by Gasteiger charge is -2.19. The number of nitrogens with two attached hydrogens (primary N) is 1. The molecule has 2 N–H and O–H groups in total. The molecule has 1 atom stereocenters. The summed E-state index contributed by atoms with van der Waals surface area (Å²) < 4.78 is 5.39. The third-order valence-corrected chi connectivity index (χ3v) is 4.23. The first-order chi connectivity index (χ1) is 9.60. The summed E-state index contributed by atoms with van der Waals surface area (Å²) in [5.41, 5.74) is 7.32. The normalized spacial score (nSPS) is 12.9. The minimum Gasteiger partial charge on any atom is -0.456 e. The van der Waals surface area contributed by atoms with Crippen LogP contribution < -0.4 is 5.73 Å². The highest BCUT2D eigenvalue weighted by atomic mass is 32.1. The van der Waals surface area contributed by atoms with Crippen molar-refractivity contribution in [3.63, 3.8) is 0 Å². The van der Waals surface area contributed by atoms with Gasteiger partial charge in [-0.15, -0.1) is 11.3 Å². The van der Waals surface area contributed by atoms with E-state index in [4.69, 9.17) is 10.5 Å². The average Bonchev–Trinajstić information content (AvgIpc) is 2.68. The highest BCUT2D eigenvalue weighted by Gasteiger charge is 2.22. The van der Waals surface area contributed by atoms with Crippen molar-refractivity contribution in [3.05, 3.63) is 28.2 Å². The molecule has 0 bridgehead atoms. The molecule has 4 heteroatoms. The van der Waals surface area contributed by atoms with Crippen LogP contribution in [0.1, 0.15) is 75.5 Å². The Labute approximate surface area is 132 Å². The molecule has 0 saturated heterocycles. The van der Waals surface area contributed by atoms with Crippen LogP contribution in [0, 0.1) is 0 Å². The van der Waals surface area contributed by atoms with Gasteiger partial charge in [0.2, 0.25) is 0 Å². The summed E-state index contributed by atoms with van der Waals surface area (Å²) in [5.74, 6) is 0.0584. The molecule has 1 unspecified atom stereocenters. The molecule has 0 aromatic carbocycles. The number of carbonyl (C=O) groups is 1. The molecule has 1 rings (SSSR count). The van der Waals surface area contributed by atoms with Crippen LogP contribution in [0.15, 0.2) is 17.7 Å². The quantitative estimate of drug-likeness (QED) is 0.605. The Bertz CT molecular complexity index is 519. The molecular weight excluding hydrogens is 282 g/mol. The number of hydrogen-bond acceptors (Lipinski definition) is 4. The van der Waals surface area contributed by atoms with Crippen LogP contribution in [0.4, 0.5) is 5.00 Å². The predicted molar refractivity (Wildman–Crippen MR) is 91.0 cm³/mol. The molecule has 0 spiro atoms. The molecule has 1 aromatic heterocycles. The van der Waals surface area contributed by atoms with Gasteiger partial charge in [-0.3, -0.25) is 0 Å². The van der Waals surface area contributed by atoms with E-state index in [0.29, 0.717) is 16.5 Å². The zero-order valence-corrected chi connectivity index (χ0v) is 14.8. The lowest BCUT2D eigenvalue weighted by molar-refractivity contribution is 0.00712. The molecule has 21 heavy (non-hydrogen) atoms. The van der Waals surface area contributed by atoms with Crippen molar-refractivity contribution in [1.29, 1.82) is 0 Å². The highest BCUT2D eigenvalue weighted by Crippen LogP contribution is 2.34. The van der Waals surface area contributed by atoms with E-state index in [1.165, 1.54) is 16.9 Å². The van der Waals surface area contributed by atoms with Crippen LogP contribution in [-0.2, 0) is 4.74 Å². The molecule has 3 nitrogen and oxygen atoms in total. The molecule has 0 fully saturated rings. The van der Waals surface area contributed by atoms with E-state index >= 15 is 0 Å². The minimum atomic E-state index is -0.499. The number of rotatable bonds is 5. The van der Waals surface area contributed by atoms with E-state index in [9.17, 15) is 4.79 Å². The van der Waals surface area contributed by atoms with Gasteiger partial charge >= 0.3 is 5.97 Å². The van der Waals surface area contributed by atoms with Crippen LogP contribution in [0.3, 0.4) is 0 Å². The number of nitrogen functional groups attached to an aromatic ring is 1. The lowest BCUT2D eigenvalue weighted by atomic mass is 10.0. The molecule has 0 aliphatic heterocycles. The summed E-state index contributed by atoms with van der Waals surface area (Å²) in [6.07, 6.45) is 4.34. The number of ether oxygens (including phenoxy) is 1. The van der Waals surface area contributed by atoms with E-state index in [1.54, 1.807) is 0 Å². The maximum atomic E-state index is 12.1. The van der Waals surface area contributed by atoms with Crippen LogP contribution in [0.2, 0.25) is 0 Å². The van der Waals surface area contributed by atoms with Gasteiger partial charge in [-0.1, -0.05) is 18.6 Å². The van der Waals surface area contributed by atoms with E-state index in [-0.39, 0.29) is 5.97 Å². The van der Waals surface area contributed by atoms with Crippen molar-refractivity contribution in [1.82, 2.24) is 0 Å². The number of esters is 1. The first-order valence-corrected chi connectivity index (χ1v) is 8.17. The fourth-order valence-corrected chi connectivity index (χ4v) is 2.93. The fourth-order valence-electron chi connectivity index (χ4n) is 1.92. The summed E-state index contributed by atoms with van der Waals surface area (Å²) in [7, 11) is 0. The number of thiophene rings is 1. The van der Waals surface area contributed by atoms with Gasteiger partial charge in [-0.2, -0.15) is 0 Å². The smallest absolute Gasteiger partial charge is 0.341 e. The molecule has 1 heterocycles. The van der Waals surface area contributed by atoms with Gasteiger partial charge in [0.25, 0.3) is 0 Å². The Morgan fingerprint density at radius 2 is 2.05 bits per heavy atom. The Kier molecular flexibility index (Phi) is 6.02. The zero-order chi connectivity index (χ0) is 16.2. The number of anilines is 1. The van der Waals surface area contributed by atoms with Crippen LogP contribution in [0.5, 0.6) is 0 Å². The molecule has 118 valence electrons. The van der Waals surface area contributed by atoms with E-state index in [1.807, 2.05) is 26.8 Å². The predicted octanol–water partition coefficient (Wildman–Crippen LogP) is 5.14. The third kappa shape index (κ3) is 5.92. The summed E-state index contributed by atoms with van der Waals surface area (Å²) >= 11 is 1.49. The van der Waals surface area contributed by atoms with Crippen molar-refractivity contribution < 1.29 is 9.53 Å². The van der Waals surface area contributed by atoms with Crippen molar-refractivity contribution in [3.8, 4) is 0 Å². The third-order valence-electron chi connectivity index (χ3n) is 3.04. The molecule has 0 aliphatic rings. The number of hydrogen-bond donors (Lipinski definition) is 1. The number of allylic oxidation sites excluding steroid dienone is 2. The molecule has 0 amide bonds. The van der Waals surface area contributed by atoms with Crippen LogP contribution in [0.25, 0.3) is 0 Å². The maximum absolute atomic E-state index is 12.1. The number of carbonyl (C=O) groups excluding carboxylic acids is 1. The van der Waals surface area contributed by atoms with E-state index in [0.717, 1.165) is 17.7 Å². The van der Waals surface area contributed by atoms with Gasteiger partial charge in [0.1, 0.15) is 10.6 Å². The van der Waals surface area contributed by atoms with Crippen molar-refractivity contribution >= 4 is 22.3 Å². The van der Waals surface area contributed by atoms with Crippen LogP contribution >= 0.6 is 11.3 Å². The fraction of sp³-hybridized carbons (Fsp3) is 0.588.